The Balaban J connectivity index is 1.40. The van der Waals surface area contributed by atoms with Crippen LogP contribution in [0.5, 0.6) is 0 Å². The summed E-state index contributed by atoms with van der Waals surface area (Å²) in [4.78, 5) is 23.3. The summed E-state index contributed by atoms with van der Waals surface area (Å²) >= 11 is 0. The molecule has 1 aliphatic heterocycles. The molecule has 1 saturated heterocycles. The first-order chi connectivity index (χ1) is 12.7. The van der Waals surface area contributed by atoms with E-state index in [-0.39, 0.29) is 11.8 Å². The molecule has 26 heavy (non-hydrogen) atoms. The highest BCUT2D eigenvalue weighted by molar-refractivity contribution is 5.95. The summed E-state index contributed by atoms with van der Waals surface area (Å²) in [6.45, 7) is 3.33. The quantitative estimate of drug-likeness (QED) is 0.787. The largest absolute Gasteiger partial charge is 0.355 e. The van der Waals surface area contributed by atoms with Crippen LogP contribution in [0.4, 0.5) is 11.5 Å². The van der Waals surface area contributed by atoms with Crippen molar-refractivity contribution in [3.05, 3.63) is 72.6 Å². The van der Waals surface area contributed by atoms with Gasteiger partial charge < -0.3 is 10.2 Å². The van der Waals surface area contributed by atoms with Crippen LogP contribution in [0, 0.1) is 12.8 Å². The Labute approximate surface area is 152 Å². The fourth-order valence-corrected chi connectivity index (χ4v) is 3.07. The Morgan fingerprint density at radius 2 is 1.77 bits per heavy atom. The van der Waals surface area contributed by atoms with Crippen LogP contribution < -0.4 is 10.2 Å². The molecule has 0 atom stereocenters. The number of aryl methyl sites for hydroxylation is 1. The Morgan fingerprint density at radius 1 is 1.04 bits per heavy atom. The number of anilines is 2. The van der Waals surface area contributed by atoms with E-state index in [0.717, 1.165) is 28.3 Å². The lowest BCUT2D eigenvalue weighted by Gasteiger charge is -2.39. The minimum absolute atomic E-state index is 0.0234. The van der Waals surface area contributed by atoms with Crippen molar-refractivity contribution < 1.29 is 4.79 Å². The SMILES string of the molecule is Cc1ccccc1NC(=O)C1CN(c2cc(-c3ccccc3)ncn2)C1. The minimum Gasteiger partial charge on any atom is -0.355 e. The fraction of sp³-hybridized carbons (Fsp3) is 0.190. The fourth-order valence-electron chi connectivity index (χ4n) is 3.07. The normalized spacial score (nSPS) is 14.0. The molecule has 5 heteroatoms. The van der Waals surface area contributed by atoms with Crippen LogP contribution in [0.3, 0.4) is 0 Å². The van der Waals surface area contributed by atoms with Gasteiger partial charge in [-0.3, -0.25) is 4.79 Å². The zero-order valence-corrected chi connectivity index (χ0v) is 14.6. The number of carbonyl (C=O) groups excluding carboxylic acids is 1. The number of hydrogen-bond donors (Lipinski definition) is 1. The molecule has 2 aromatic carbocycles. The summed E-state index contributed by atoms with van der Waals surface area (Å²) in [6, 6.07) is 19.8. The summed E-state index contributed by atoms with van der Waals surface area (Å²) in [5, 5.41) is 3.02. The molecule has 130 valence electrons. The molecule has 5 nitrogen and oxygen atoms in total. The topological polar surface area (TPSA) is 58.1 Å². The Morgan fingerprint density at radius 3 is 2.54 bits per heavy atom. The highest BCUT2D eigenvalue weighted by Gasteiger charge is 2.33. The Bertz CT molecular complexity index is 920. The van der Waals surface area contributed by atoms with Crippen LogP contribution in [0.2, 0.25) is 0 Å². The van der Waals surface area contributed by atoms with Gasteiger partial charge in [0.1, 0.15) is 12.1 Å². The molecule has 1 fully saturated rings. The summed E-state index contributed by atoms with van der Waals surface area (Å²) in [5.74, 6) is 0.899. The lowest BCUT2D eigenvalue weighted by atomic mass is 9.98. The smallest absolute Gasteiger partial charge is 0.231 e. The second-order valence-corrected chi connectivity index (χ2v) is 6.53. The second kappa shape index (κ2) is 6.96. The number of amides is 1. The van der Waals surface area contributed by atoms with Gasteiger partial charge in [0.2, 0.25) is 5.91 Å². The van der Waals surface area contributed by atoms with Gasteiger partial charge in [-0.25, -0.2) is 9.97 Å². The van der Waals surface area contributed by atoms with Crippen LogP contribution in [-0.2, 0) is 4.79 Å². The number of nitrogens with one attached hydrogen (secondary N) is 1. The molecule has 0 aliphatic carbocycles. The van der Waals surface area contributed by atoms with Gasteiger partial charge in [0, 0.05) is 30.4 Å². The molecule has 1 N–H and O–H groups in total. The average Bonchev–Trinajstić information content (AvgIpc) is 2.63. The number of aromatic nitrogens is 2. The van der Waals surface area contributed by atoms with Crippen molar-refractivity contribution in [1.29, 1.82) is 0 Å². The number of nitrogens with zero attached hydrogens (tertiary/aromatic N) is 3. The zero-order chi connectivity index (χ0) is 17.9. The van der Waals surface area contributed by atoms with Crippen molar-refractivity contribution in [3.63, 3.8) is 0 Å². The van der Waals surface area contributed by atoms with E-state index in [0.29, 0.717) is 13.1 Å². The maximum atomic E-state index is 12.4. The van der Waals surface area contributed by atoms with E-state index in [1.807, 2.05) is 67.6 Å². The molecule has 0 unspecified atom stereocenters. The predicted octanol–water partition coefficient (Wildman–Crippen LogP) is 3.53. The van der Waals surface area contributed by atoms with E-state index >= 15 is 0 Å². The third kappa shape index (κ3) is 3.28. The molecule has 2 heterocycles. The molecule has 0 saturated carbocycles. The lowest BCUT2D eigenvalue weighted by molar-refractivity contribution is -0.120. The highest BCUT2D eigenvalue weighted by atomic mass is 16.2. The molecule has 1 aliphatic rings. The van der Waals surface area contributed by atoms with E-state index < -0.39 is 0 Å². The maximum absolute atomic E-state index is 12.4. The van der Waals surface area contributed by atoms with Crippen molar-refractivity contribution in [2.24, 2.45) is 5.92 Å². The molecule has 0 bridgehead atoms. The molecule has 0 radical (unpaired) electrons. The maximum Gasteiger partial charge on any atom is 0.231 e. The van der Waals surface area contributed by atoms with Gasteiger partial charge in [-0.05, 0) is 18.6 Å². The molecular weight excluding hydrogens is 324 g/mol. The van der Waals surface area contributed by atoms with Crippen LogP contribution in [0.1, 0.15) is 5.56 Å². The minimum atomic E-state index is -0.0234. The number of rotatable bonds is 4. The van der Waals surface area contributed by atoms with Crippen LogP contribution in [0.15, 0.2) is 67.0 Å². The van der Waals surface area contributed by atoms with Crippen LogP contribution in [-0.4, -0.2) is 29.0 Å². The van der Waals surface area contributed by atoms with Crippen molar-refractivity contribution in [2.45, 2.75) is 6.92 Å². The van der Waals surface area contributed by atoms with Crippen molar-refractivity contribution in [3.8, 4) is 11.3 Å². The summed E-state index contributed by atoms with van der Waals surface area (Å²) in [5.41, 5.74) is 3.90. The third-order valence-corrected chi connectivity index (χ3v) is 4.70. The average molecular weight is 344 g/mol. The predicted molar refractivity (Wildman–Crippen MR) is 103 cm³/mol. The summed E-state index contributed by atoms with van der Waals surface area (Å²) in [6.07, 6.45) is 1.58. The third-order valence-electron chi connectivity index (χ3n) is 4.70. The Hall–Kier alpha value is -3.21. The zero-order valence-electron chi connectivity index (χ0n) is 14.6. The van der Waals surface area contributed by atoms with Gasteiger partial charge in [-0.2, -0.15) is 0 Å². The first kappa shape index (κ1) is 16.3. The van der Waals surface area contributed by atoms with Crippen LogP contribution in [0.25, 0.3) is 11.3 Å². The molecular formula is C21H20N4O. The van der Waals surface area contributed by atoms with Crippen molar-refractivity contribution in [1.82, 2.24) is 9.97 Å². The summed E-state index contributed by atoms with van der Waals surface area (Å²) in [7, 11) is 0. The highest BCUT2D eigenvalue weighted by Crippen LogP contribution is 2.27. The van der Waals surface area contributed by atoms with Gasteiger partial charge in [-0.15, -0.1) is 0 Å². The number of hydrogen-bond acceptors (Lipinski definition) is 4. The molecule has 4 rings (SSSR count). The van der Waals surface area contributed by atoms with Gasteiger partial charge in [0.25, 0.3) is 0 Å². The van der Waals surface area contributed by atoms with E-state index in [9.17, 15) is 4.79 Å². The van der Waals surface area contributed by atoms with Crippen molar-refractivity contribution >= 4 is 17.4 Å². The first-order valence-electron chi connectivity index (χ1n) is 8.69. The van der Waals surface area contributed by atoms with E-state index in [1.54, 1.807) is 6.33 Å². The van der Waals surface area contributed by atoms with E-state index in [2.05, 4.69) is 20.2 Å². The molecule has 3 aromatic rings. The molecule has 0 spiro atoms. The van der Waals surface area contributed by atoms with E-state index in [1.165, 1.54) is 0 Å². The number of para-hydroxylation sites is 1. The van der Waals surface area contributed by atoms with Gasteiger partial charge >= 0.3 is 0 Å². The van der Waals surface area contributed by atoms with Gasteiger partial charge in [0.05, 0.1) is 11.6 Å². The summed E-state index contributed by atoms with van der Waals surface area (Å²) < 4.78 is 0. The lowest BCUT2D eigenvalue weighted by Crippen LogP contribution is -2.52. The van der Waals surface area contributed by atoms with E-state index in [4.69, 9.17) is 0 Å². The monoisotopic (exact) mass is 344 g/mol. The van der Waals surface area contributed by atoms with Crippen molar-refractivity contribution in [2.75, 3.05) is 23.3 Å². The van der Waals surface area contributed by atoms with Gasteiger partial charge in [-0.1, -0.05) is 48.5 Å². The first-order valence-corrected chi connectivity index (χ1v) is 8.69. The Kier molecular flexibility index (Phi) is 4.35. The number of carbonyl (C=O) groups is 1. The van der Waals surface area contributed by atoms with Crippen LogP contribution >= 0.6 is 0 Å². The standard InChI is InChI=1S/C21H20N4O/c1-15-7-5-6-10-18(15)24-21(26)17-12-25(13-17)20-11-19(22-14-23-20)16-8-3-2-4-9-16/h2-11,14,17H,12-13H2,1H3,(H,24,26). The molecule has 1 amide bonds. The second-order valence-electron chi connectivity index (χ2n) is 6.53. The molecule has 1 aromatic heterocycles. The van der Waals surface area contributed by atoms with Gasteiger partial charge in [0.15, 0.2) is 0 Å². The number of benzene rings is 2.